The molecule has 1 N–H and O–H groups in total. The Morgan fingerprint density at radius 2 is 1.97 bits per heavy atom. The molecule has 1 unspecified atom stereocenters. The van der Waals surface area contributed by atoms with Crippen molar-refractivity contribution in [2.24, 2.45) is 0 Å². The number of hydrogen-bond donors (Lipinski definition) is 1. The second-order valence-corrected chi connectivity index (χ2v) is 6.87. The number of halogens is 2. The van der Waals surface area contributed by atoms with Crippen molar-refractivity contribution >= 4 is 5.91 Å². The Morgan fingerprint density at radius 1 is 1.14 bits per heavy atom. The number of aromatic nitrogens is 3. The van der Waals surface area contributed by atoms with Gasteiger partial charge < -0.3 is 9.64 Å². The lowest BCUT2D eigenvalue weighted by molar-refractivity contribution is -0.137. The summed E-state index contributed by atoms with van der Waals surface area (Å²) in [6.45, 7) is 0.535. The average molecular weight is 398 g/mol. The third-order valence-electron chi connectivity index (χ3n) is 4.92. The molecule has 29 heavy (non-hydrogen) atoms. The molecule has 150 valence electrons. The van der Waals surface area contributed by atoms with E-state index in [4.69, 9.17) is 4.74 Å². The van der Waals surface area contributed by atoms with Gasteiger partial charge in [-0.2, -0.15) is 5.10 Å². The van der Waals surface area contributed by atoms with E-state index in [1.807, 2.05) is 18.2 Å². The summed E-state index contributed by atoms with van der Waals surface area (Å²) in [7, 11) is 0. The summed E-state index contributed by atoms with van der Waals surface area (Å²) in [6.07, 6.45) is 2.59. The molecule has 8 heteroatoms. The monoisotopic (exact) mass is 398 g/mol. The lowest BCUT2D eigenvalue weighted by Gasteiger charge is -2.34. The quantitative estimate of drug-likeness (QED) is 0.708. The molecule has 6 nitrogen and oxygen atoms in total. The van der Waals surface area contributed by atoms with Crippen molar-refractivity contribution in [3.8, 4) is 17.1 Å². The number of amides is 1. The molecule has 1 fully saturated rings. The molecular formula is C21H20F2N4O2. The fourth-order valence-electron chi connectivity index (χ4n) is 3.45. The maximum Gasteiger partial charge on any atom is 0.261 e. The Hall–Kier alpha value is -3.29. The Balaban J connectivity index is 1.49. The van der Waals surface area contributed by atoms with Crippen LogP contribution < -0.4 is 4.74 Å². The van der Waals surface area contributed by atoms with E-state index in [1.54, 1.807) is 17.0 Å². The minimum absolute atomic E-state index is 0.0648. The first-order valence-corrected chi connectivity index (χ1v) is 9.47. The third kappa shape index (κ3) is 4.26. The van der Waals surface area contributed by atoms with Crippen LogP contribution in [0.4, 0.5) is 8.78 Å². The Labute approximate surface area is 166 Å². The number of nitrogens with one attached hydrogen (secondary N) is 1. The van der Waals surface area contributed by atoms with E-state index in [1.165, 1.54) is 6.07 Å². The van der Waals surface area contributed by atoms with Gasteiger partial charge in [0.1, 0.15) is 11.6 Å². The molecule has 4 rings (SSSR count). The third-order valence-corrected chi connectivity index (χ3v) is 4.92. The maximum atomic E-state index is 13.5. The van der Waals surface area contributed by atoms with E-state index in [0.29, 0.717) is 23.7 Å². The second-order valence-electron chi connectivity index (χ2n) is 6.87. The van der Waals surface area contributed by atoms with E-state index in [-0.39, 0.29) is 24.4 Å². The van der Waals surface area contributed by atoms with Crippen LogP contribution in [0, 0.1) is 11.6 Å². The molecule has 0 aliphatic carbocycles. The van der Waals surface area contributed by atoms with Crippen LogP contribution in [0.3, 0.4) is 0 Å². The number of piperidine rings is 1. The van der Waals surface area contributed by atoms with Gasteiger partial charge in [0.25, 0.3) is 5.91 Å². The molecule has 1 saturated heterocycles. The van der Waals surface area contributed by atoms with Crippen molar-refractivity contribution in [3.05, 3.63) is 66.0 Å². The Bertz CT molecular complexity index is 993. The number of rotatable bonds is 5. The molecule has 1 aromatic heterocycles. The highest BCUT2D eigenvalue weighted by molar-refractivity contribution is 5.78. The molecular weight excluding hydrogens is 378 g/mol. The predicted octanol–water partition coefficient (Wildman–Crippen LogP) is 3.88. The zero-order chi connectivity index (χ0) is 20.2. The number of ether oxygens (including phenoxy) is 1. The van der Waals surface area contributed by atoms with Gasteiger partial charge in [-0.15, -0.1) is 0 Å². The maximum absolute atomic E-state index is 13.5. The molecule has 2 aromatic carbocycles. The highest BCUT2D eigenvalue weighted by Gasteiger charge is 2.30. The van der Waals surface area contributed by atoms with Crippen molar-refractivity contribution in [1.29, 1.82) is 0 Å². The fourth-order valence-corrected chi connectivity index (χ4v) is 3.45. The molecule has 1 amide bonds. The Morgan fingerprint density at radius 3 is 2.76 bits per heavy atom. The molecule has 1 aliphatic heterocycles. The summed E-state index contributed by atoms with van der Waals surface area (Å²) in [5.41, 5.74) is 0.368. The molecule has 0 spiro atoms. The van der Waals surface area contributed by atoms with Gasteiger partial charge in [-0.3, -0.25) is 9.89 Å². The first kappa shape index (κ1) is 19.0. The topological polar surface area (TPSA) is 71.1 Å². The van der Waals surface area contributed by atoms with E-state index in [2.05, 4.69) is 15.2 Å². The van der Waals surface area contributed by atoms with Crippen molar-refractivity contribution < 1.29 is 18.3 Å². The van der Waals surface area contributed by atoms with E-state index < -0.39 is 11.6 Å². The van der Waals surface area contributed by atoms with Crippen molar-refractivity contribution in [2.75, 3.05) is 13.2 Å². The van der Waals surface area contributed by atoms with Gasteiger partial charge in [0.2, 0.25) is 0 Å². The van der Waals surface area contributed by atoms with Crippen LogP contribution in [0.1, 0.15) is 31.1 Å². The highest BCUT2D eigenvalue weighted by Crippen LogP contribution is 2.30. The van der Waals surface area contributed by atoms with E-state index in [0.717, 1.165) is 31.4 Å². The average Bonchev–Trinajstić information content (AvgIpc) is 3.25. The van der Waals surface area contributed by atoms with Crippen LogP contribution in [-0.4, -0.2) is 39.1 Å². The summed E-state index contributed by atoms with van der Waals surface area (Å²) >= 11 is 0. The fraction of sp³-hybridized carbons (Fsp3) is 0.286. The number of para-hydroxylation sites is 1. The number of H-pyrrole nitrogens is 1. The number of carbonyl (C=O) groups excluding carboxylic acids is 1. The summed E-state index contributed by atoms with van der Waals surface area (Å²) in [5.74, 6) is -0.595. The van der Waals surface area contributed by atoms with Gasteiger partial charge >= 0.3 is 0 Å². The summed E-state index contributed by atoms with van der Waals surface area (Å²) in [4.78, 5) is 18.9. The summed E-state index contributed by atoms with van der Waals surface area (Å²) < 4.78 is 32.3. The zero-order valence-electron chi connectivity index (χ0n) is 15.6. The zero-order valence-corrected chi connectivity index (χ0v) is 15.6. The van der Waals surface area contributed by atoms with E-state index in [9.17, 15) is 13.6 Å². The van der Waals surface area contributed by atoms with Crippen LogP contribution in [0.5, 0.6) is 5.75 Å². The lowest BCUT2D eigenvalue weighted by atomic mass is 10.0. The molecule has 3 aromatic rings. The van der Waals surface area contributed by atoms with Gasteiger partial charge in [0, 0.05) is 12.1 Å². The number of likely N-dealkylation sites (tertiary alicyclic amines) is 1. The second kappa shape index (κ2) is 8.38. The predicted molar refractivity (Wildman–Crippen MR) is 102 cm³/mol. The number of carbonyl (C=O) groups is 1. The van der Waals surface area contributed by atoms with Gasteiger partial charge in [0.05, 0.1) is 6.04 Å². The number of nitrogens with zero attached hydrogens (tertiary/aromatic N) is 3. The van der Waals surface area contributed by atoms with Crippen molar-refractivity contribution in [3.63, 3.8) is 0 Å². The lowest BCUT2D eigenvalue weighted by Crippen LogP contribution is -2.41. The van der Waals surface area contributed by atoms with Crippen LogP contribution in [0.15, 0.2) is 48.5 Å². The summed E-state index contributed by atoms with van der Waals surface area (Å²) in [5, 5.41) is 6.98. The van der Waals surface area contributed by atoms with Crippen LogP contribution in [0.25, 0.3) is 11.4 Å². The van der Waals surface area contributed by atoms with Gasteiger partial charge in [-0.05, 0) is 49.6 Å². The number of benzene rings is 2. The largest absolute Gasteiger partial charge is 0.484 e. The van der Waals surface area contributed by atoms with Crippen molar-refractivity contribution in [2.45, 2.75) is 25.3 Å². The minimum atomic E-state index is -0.957. The SMILES string of the molecule is O=C(COc1ccccc1)N1CCCCC1c1nc(-c2ccc(F)c(F)c2)n[nH]1. The van der Waals surface area contributed by atoms with Crippen molar-refractivity contribution in [1.82, 2.24) is 20.1 Å². The number of aromatic amines is 1. The molecule has 0 bridgehead atoms. The molecule has 0 saturated carbocycles. The normalized spacial score (nSPS) is 16.6. The standard InChI is InChI=1S/C21H20F2N4O2/c22-16-10-9-14(12-17(16)23)20-24-21(26-25-20)18-8-4-5-11-27(18)19(28)13-29-15-6-2-1-3-7-15/h1-3,6-7,9-10,12,18H,4-5,8,11,13H2,(H,24,25,26). The highest BCUT2D eigenvalue weighted by atomic mass is 19.2. The smallest absolute Gasteiger partial charge is 0.261 e. The van der Waals surface area contributed by atoms with E-state index >= 15 is 0 Å². The first-order chi connectivity index (χ1) is 14.1. The minimum Gasteiger partial charge on any atom is -0.484 e. The molecule has 1 aliphatic rings. The van der Waals surface area contributed by atoms with Crippen LogP contribution in [-0.2, 0) is 4.79 Å². The molecule has 2 heterocycles. The number of hydrogen-bond acceptors (Lipinski definition) is 4. The first-order valence-electron chi connectivity index (χ1n) is 9.47. The molecule has 0 radical (unpaired) electrons. The van der Waals surface area contributed by atoms with Crippen LogP contribution in [0.2, 0.25) is 0 Å². The summed E-state index contributed by atoms with van der Waals surface area (Å²) in [6, 6.07) is 12.4. The van der Waals surface area contributed by atoms with Gasteiger partial charge in [-0.25, -0.2) is 13.8 Å². The van der Waals surface area contributed by atoms with Crippen LogP contribution >= 0.6 is 0 Å². The van der Waals surface area contributed by atoms with Gasteiger partial charge in [0.15, 0.2) is 24.1 Å². The van der Waals surface area contributed by atoms with Gasteiger partial charge in [-0.1, -0.05) is 18.2 Å². The Kier molecular flexibility index (Phi) is 5.50. The molecule has 1 atom stereocenters.